The van der Waals surface area contributed by atoms with Crippen LogP contribution in [0.25, 0.3) is 0 Å². The maximum absolute atomic E-state index is 4.24. The number of rotatable bonds is 4. The van der Waals surface area contributed by atoms with Crippen molar-refractivity contribution < 1.29 is 0 Å². The number of aromatic nitrogens is 3. The topological polar surface area (TPSA) is 67.1 Å². The molecule has 2 aromatic rings. The van der Waals surface area contributed by atoms with Crippen LogP contribution in [-0.4, -0.2) is 27.8 Å². The van der Waals surface area contributed by atoms with Gasteiger partial charge in [-0.15, -0.1) is 10.2 Å². The van der Waals surface area contributed by atoms with Crippen molar-refractivity contribution in [2.45, 2.75) is 33.9 Å². The molecule has 0 aliphatic carbocycles. The van der Waals surface area contributed by atoms with Crippen molar-refractivity contribution in [3.63, 3.8) is 0 Å². The second-order valence-electron chi connectivity index (χ2n) is 5.43. The van der Waals surface area contributed by atoms with E-state index in [1.807, 2.05) is 18.5 Å². The third-order valence-corrected chi connectivity index (χ3v) is 3.76. The molecule has 1 heterocycles. The predicted molar refractivity (Wildman–Crippen MR) is 88.7 cm³/mol. The Morgan fingerprint density at radius 1 is 1.14 bits per heavy atom. The molecular weight excluding hydrogens is 276 g/mol. The van der Waals surface area contributed by atoms with E-state index in [0.29, 0.717) is 6.54 Å². The fourth-order valence-corrected chi connectivity index (χ4v) is 2.21. The van der Waals surface area contributed by atoms with Crippen molar-refractivity contribution in [1.82, 2.24) is 25.4 Å². The van der Waals surface area contributed by atoms with Crippen LogP contribution in [0.15, 0.2) is 23.2 Å². The lowest BCUT2D eigenvalue weighted by atomic mass is 10.1. The number of aliphatic imine (C=N–C) groups is 1. The highest BCUT2D eigenvalue weighted by Gasteiger charge is 2.06. The average molecular weight is 300 g/mol. The minimum Gasteiger partial charge on any atom is -0.352 e. The maximum Gasteiger partial charge on any atom is 0.191 e. The van der Waals surface area contributed by atoms with Gasteiger partial charge in [-0.05, 0) is 31.9 Å². The number of nitrogens with zero attached hydrogens (tertiary/aromatic N) is 4. The van der Waals surface area contributed by atoms with E-state index in [9.17, 15) is 0 Å². The summed E-state index contributed by atoms with van der Waals surface area (Å²) in [6.45, 7) is 7.49. The van der Waals surface area contributed by atoms with Crippen molar-refractivity contribution in [3.8, 4) is 0 Å². The molecule has 0 saturated heterocycles. The highest BCUT2D eigenvalue weighted by Crippen LogP contribution is 2.09. The van der Waals surface area contributed by atoms with Crippen LogP contribution in [0.3, 0.4) is 0 Å². The molecular formula is C16H24N6. The van der Waals surface area contributed by atoms with Gasteiger partial charge in [0.15, 0.2) is 11.8 Å². The van der Waals surface area contributed by atoms with E-state index in [1.165, 1.54) is 16.7 Å². The summed E-state index contributed by atoms with van der Waals surface area (Å²) in [5.41, 5.74) is 3.83. The average Bonchev–Trinajstić information content (AvgIpc) is 2.81. The van der Waals surface area contributed by atoms with Crippen molar-refractivity contribution in [1.29, 1.82) is 0 Å². The normalized spacial score (nSPS) is 11.6. The lowest BCUT2D eigenvalue weighted by Crippen LogP contribution is -2.37. The van der Waals surface area contributed by atoms with Gasteiger partial charge >= 0.3 is 0 Å². The Balaban J connectivity index is 1.91. The van der Waals surface area contributed by atoms with Crippen LogP contribution in [0.1, 0.15) is 28.3 Å². The maximum atomic E-state index is 4.24. The third-order valence-electron chi connectivity index (χ3n) is 3.76. The highest BCUT2D eigenvalue weighted by molar-refractivity contribution is 5.79. The van der Waals surface area contributed by atoms with Gasteiger partial charge in [0.1, 0.15) is 5.82 Å². The Morgan fingerprint density at radius 3 is 2.45 bits per heavy atom. The Hall–Kier alpha value is -2.37. The number of hydrogen-bond donors (Lipinski definition) is 2. The van der Waals surface area contributed by atoms with Gasteiger partial charge in [0.25, 0.3) is 0 Å². The van der Waals surface area contributed by atoms with E-state index in [2.05, 4.69) is 57.9 Å². The zero-order chi connectivity index (χ0) is 16.1. The van der Waals surface area contributed by atoms with Crippen molar-refractivity contribution >= 4 is 5.96 Å². The zero-order valence-corrected chi connectivity index (χ0v) is 13.9. The smallest absolute Gasteiger partial charge is 0.191 e. The lowest BCUT2D eigenvalue weighted by molar-refractivity contribution is 0.717. The summed E-state index contributed by atoms with van der Waals surface area (Å²) in [6.07, 6.45) is 0. The quantitative estimate of drug-likeness (QED) is 0.665. The van der Waals surface area contributed by atoms with E-state index < -0.39 is 0 Å². The summed E-state index contributed by atoms with van der Waals surface area (Å²) in [5, 5.41) is 14.8. The van der Waals surface area contributed by atoms with Gasteiger partial charge < -0.3 is 15.2 Å². The summed E-state index contributed by atoms with van der Waals surface area (Å²) in [7, 11) is 3.72. The minimum atomic E-state index is 0.587. The molecule has 0 bridgehead atoms. The van der Waals surface area contributed by atoms with Crippen LogP contribution >= 0.6 is 0 Å². The molecule has 0 aliphatic rings. The Kier molecular flexibility index (Phi) is 5.14. The summed E-state index contributed by atoms with van der Waals surface area (Å²) in [5.74, 6) is 2.53. The fourth-order valence-electron chi connectivity index (χ4n) is 2.21. The van der Waals surface area contributed by atoms with E-state index in [1.54, 1.807) is 7.05 Å². The first-order valence-electron chi connectivity index (χ1n) is 7.36. The van der Waals surface area contributed by atoms with Gasteiger partial charge in [0.2, 0.25) is 0 Å². The number of nitrogens with one attached hydrogen (secondary N) is 2. The van der Waals surface area contributed by atoms with Crippen molar-refractivity contribution in [2.75, 3.05) is 7.05 Å². The molecule has 0 atom stereocenters. The van der Waals surface area contributed by atoms with Crippen LogP contribution in [0.4, 0.5) is 0 Å². The Labute approximate surface area is 131 Å². The zero-order valence-electron chi connectivity index (χ0n) is 13.9. The number of guanidine groups is 1. The fraction of sp³-hybridized carbons (Fsp3) is 0.438. The molecule has 118 valence electrons. The summed E-state index contributed by atoms with van der Waals surface area (Å²) < 4.78 is 1.96. The monoisotopic (exact) mass is 300 g/mol. The van der Waals surface area contributed by atoms with Gasteiger partial charge in [0, 0.05) is 20.6 Å². The molecule has 0 fully saturated rings. The van der Waals surface area contributed by atoms with Crippen molar-refractivity contribution in [3.05, 3.63) is 46.5 Å². The third kappa shape index (κ3) is 3.84. The van der Waals surface area contributed by atoms with E-state index in [4.69, 9.17) is 0 Å². The van der Waals surface area contributed by atoms with Crippen LogP contribution in [0.2, 0.25) is 0 Å². The molecule has 0 saturated carbocycles. The second-order valence-corrected chi connectivity index (χ2v) is 5.43. The molecule has 1 aromatic heterocycles. The molecule has 6 heteroatoms. The summed E-state index contributed by atoms with van der Waals surface area (Å²) in [4.78, 5) is 4.24. The second kappa shape index (κ2) is 7.06. The molecule has 0 amide bonds. The van der Waals surface area contributed by atoms with Gasteiger partial charge in [-0.2, -0.15) is 0 Å². The van der Waals surface area contributed by atoms with Crippen LogP contribution in [-0.2, 0) is 20.1 Å². The largest absolute Gasteiger partial charge is 0.352 e. The van der Waals surface area contributed by atoms with Gasteiger partial charge in [-0.3, -0.25) is 4.99 Å². The van der Waals surface area contributed by atoms with Crippen LogP contribution < -0.4 is 10.6 Å². The molecule has 0 unspecified atom stereocenters. The summed E-state index contributed by atoms with van der Waals surface area (Å²) >= 11 is 0. The van der Waals surface area contributed by atoms with Crippen LogP contribution in [0.5, 0.6) is 0 Å². The van der Waals surface area contributed by atoms with Gasteiger partial charge in [-0.1, -0.05) is 23.8 Å². The number of hydrogen-bond acceptors (Lipinski definition) is 3. The molecule has 0 radical (unpaired) electrons. The minimum absolute atomic E-state index is 0.587. The van der Waals surface area contributed by atoms with Gasteiger partial charge in [0.05, 0.1) is 6.54 Å². The molecule has 0 spiro atoms. The van der Waals surface area contributed by atoms with Crippen molar-refractivity contribution in [2.24, 2.45) is 12.0 Å². The molecule has 22 heavy (non-hydrogen) atoms. The SMILES string of the molecule is CN=C(NCc1ccc(C)cc1C)NCc1nnc(C)n1C. The molecule has 6 nitrogen and oxygen atoms in total. The molecule has 2 N–H and O–H groups in total. The molecule has 1 aromatic carbocycles. The van der Waals surface area contributed by atoms with E-state index in [0.717, 1.165) is 24.2 Å². The predicted octanol–water partition coefficient (Wildman–Crippen LogP) is 1.61. The van der Waals surface area contributed by atoms with E-state index >= 15 is 0 Å². The first-order chi connectivity index (χ1) is 10.5. The standard InChI is InChI=1S/C16H24N6/c1-11-6-7-14(12(2)8-11)9-18-16(17-4)19-10-15-21-20-13(3)22(15)5/h6-8H,9-10H2,1-5H3,(H2,17,18,19). The number of aryl methyl sites for hydroxylation is 3. The van der Waals surface area contributed by atoms with E-state index in [-0.39, 0.29) is 0 Å². The first-order valence-corrected chi connectivity index (χ1v) is 7.36. The molecule has 2 rings (SSSR count). The first kappa shape index (κ1) is 16.0. The molecule has 0 aliphatic heterocycles. The highest BCUT2D eigenvalue weighted by atomic mass is 15.3. The Morgan fingerprint density at radius 2 is 1.86 bits per heavy atom. The van der Waals surface area contributed by atoms with Gasteiger partial charge in [-0.25, -0.2) is 0 Å². The Bertz CT molecular complexity index is 671. The lowest BCUT2D eigenvalue weighted by Gasteiger charge is -2.13. The van der Waals surface area contributed by atoms with Crippen LogP contribution in [0, 0.1) is 20.8 Å². The number of benzene rings is 1. The summed E-state index contributed by atoms with van der Waals surface area (Å²) in [6, 6.07) is 6.47.